The van der Waals surface area contributed by atoms with E-state index in [9.17, 15) is 26.7 Å². The maximum atomic E-state index is 14.6. The van der Waals surface area contributed by atoms with E-state index < -0.39 is 23.9 Å². The number of hydrogen-bond donors (Lipinski definition) is 2. The van der Waals surface area contributed by atoms with Crippen molar-refractivity contribution in [3.63, 3.8) is 0 Å². The fourth-order valence-corrected chi connectivity index (χ4v) is 4.79. The van der Waals surface area contributed by atoms with Gasteiger partial charge in [-0.05, 0) is 87.7 Å². The molecule has 9 nitrogen and oxygen atoms in total. The molecule has 2 N–H and O–H groups in total. The second-order valence-electron chi connectivity index (χ2n) is 11.6. The number of carbonyl (C=O) groups is 1. The molecule has 0 spiro atoms. The van der Waals surface area contributed by atoms with Crippen molar-refractivity contribution in [1.82, 2.24) is 24.9 Å². The van der Waals surface area contributed by atoms with Gasteiger partial charge in [-0.2, -0.15) is 8.78 Å². The van der Waals surface area contributed by atoms with Gasteiger partial charge in [0.05, 0.1) is 6.61 Å². The zero-order chi connectivity index (χ0) is 33.1. The number of rotatable bonds is 7. The van der Waals surface area contributed by atoms with Crippen molar-refractivity contribution in [2.45, 2.75) is 57.7 Å². The van der Waals surface area contributed by atoms with E-state index >= 15 is 0 Å². The van der Waals surface area contributed by atoms with Crippen LogP contribution in [0, 0.1) is 0 Å². The summed E-state index contributed by atoms with van der Waals surface area (Å²) in [5.41, 5.74) is 2.15. The van der Waals surface area contributed by atoms with Gasteiger partial charge in [-0.25, -0.2) is 4.79 Å². The molecule has 0 amide bonds. The molecule has 6 rings (SSSR count). The Morgan fingerprint density at radius 3 is 2.33 bits per heavy atom. The lowest BCUT2D eigenvalue weighted by Crippen LogP contribution is -2.32. The number of carbonyl (C=O) groups excluding carboxylic acids is 1. The highest BCUT2D eigenvalue weighted by Crippen LogP contribution is 2.31. The van der Waals surface area contributed by atoms with E-state index in [0.29, 0.717) is 16.8 Å². The molecule has 244 valence electrons. The molecule has 0 aliphatic carbocycles. The van der Waals surface area contributed by atoms with Crippen LogP contribution in [-0.2, 0) is 15.6 Å². The van der Waals surface area contributed by atoms with Crippen molar-refractivity contribution in [3.8, 4) is 16.9 Å². The van der Waals surface area contributed by atoms with Crippen molar-refractivity contribution in [3.05, 3.63) is 84.4 Å². The van der Waals surface area contributed by atoms with Crippen molar-refractivity contribution >= 4 is 22.5 Å². The van der Waals surface area contributed by atoms with E-state index in [4.69, 9.17) is 9.47 Å². The number of H-pyrrole nitrogens is 1. The molecular formula is C32H32F5N5O4. The molecule has 2 aromatic carbocycles. The van der Waals surface area contributed by atoms with E-state index in [1.54, 1.807) is 6.07 Å². The fourth-order valence-electron chi connectivity index (χ4n) is 4.79. The van der Waals surface area contributed by atoms with Crippen molar-refractivity contribution < 1.29 is 41.0 Å². The summed E-state index contributed by atoms with van der Waals surface area (Å²) < 4.78 is 81.2. The average Bonchev–Trinajstić information content (AvgIpc) is 3.75. The maximum Gasteiger partial charge on any atom is 0.573 e. The smallest absolute Gasteiger partial charge is 0.455 e. The Balaban J connectivity index is 0.000000219. The van der Waals surface area contributed by atoms with Gasteiger partial charge in [0, 0.05) is 23.1 Å². The third-order valence-corrected chi connectivity index (χ3v) is 6.86. The number of ether oxygens (including phenoxy) is 3. The monoisotopic (exact) mass is 645 g/mol. The second-order valence-corrected chi connectivity index (χ2v) is 11.6. The summed E-state index contributed by atoms with van der Waals surface area (Å²) in [5.74, 6) is -1.36. The minimum Gasteiger partial charge on any atom is -0.455 e. The summed E-state index contributed by atoms with van der Waals surface area (Å²) >= 11 is 0. The minimum atomic E-state index is -4.79. The van der Waals surface area contributed by atoms with Crippen LogP contribution >= 0.6 is 0 Å². The van der Waals surface area contributed by atoms with Gasteiger partial charge in [-0.3, -0.25) is 4.40 Å². The number of nitrogens with zero attached hydrogens (tertiary/aromatic N) is 3. The molecule has 0 bridgehead atoms. The predicted molar refractivity (Wildman–Crippen MR) is 159 cm³/mol. The molecule has 1 aliphatic rings. The largest absolute Gasteiger partial charge is 0.573 e. The van der Waals surface area contributed by atoms with Gasteiger partial charge >= 0.3 is 18.4 Å². The lowest BCUT2D eigenvalue weighted by molar-refractivity contribution is -0.274. The van der Waals surface area contributed by atoms with Crippen LogP contribution < -0.4 is 10.1 Å². The van der Waals surface area contributed by atoms with Crippen LogP contribution in [0.3, 0.4) is 0 Å². The Bertz CT molecular complexity index is 1760. The number of aromatic nitrogens is 4. The average molecular weight is 646 g/mol. The molecule has 1 fully saturated rings. The Morgan fingerprint density at radius 2 is 1.67 bits per heavy atom. The third kappa shape index (κ3) is 8.37. The normalized spacial score (nSPS) is 15.5. The highest BCUT2D eigenvalue weighted by molar-refractivity contribution is 5.94. The number of halogens is 5. The number of benzene rings is 2. The minimum absolute atomic E-state index is 0.136. The van der Waals surface area contributed by atoms with Crippen molar-refractivity contribution in [2.24, 2.45) is 0 Å². The number of aromatic amines is 1. The van der Waals surface area contributed by atoms with Gasteiger partial charge in [0.15, 0.2) is 5.65 Å². The summed E-state index contributed by atoms with van der Waals surface area (Å²) in [7, 11) is 0. The van der Waals surface area contributed by atoms with Gasteiger partial charge in [-0.15, -0.1) is 23.4 Å². The van der Waals surface area contributed by atoms with Gasteiger partial charge in [0.2, 0.25) is 5.82 Å². The first kappa shape index (κ1) is 32.8. The number of hydrogen-bond acceptors (Lipinski definition) is 7. The standard InChI is InChI=1S/C19H17F5N4O2.C13H15NO2/c20-18(21,29-11-14-2-1-9-25-14)17-27-26-16-8-5-13(10-28(16)17)12-3-6-15(7-4-12)30-19(22,23)24;1-13(2,3)16-12(15)11-8-9-6-4-5-7-10(9)14-11/h3-8,10,14,25H,1-2,9,11H2;4-8,14H,1-3H3/t14-;/m0./s1. The molecule has 46 heavy (non-hydrogen) atoms. The SMILES string of the molecule is CC(C)(C)OC(=O)c1cc2ccccc2[nH]1.FC(F)(F)Oc1ccc(-c2ccc3nnc(C(F)(F)OC[C@@H]4CCCN4)n3c2)cc1. The van der Waals surface area contributed by atoms with E-state index in [0.717, 1.165) is 46.8 Å². The molecule has 3 aromatic heterocycles. The number of fused-ring (bicyclic) bond motifs is 2. The van der Waals surface area contributed by atoms with Gasteiger partial charge < -0.3 is 24.5 Å². The predicted octanol–water partition coefficient (Wildman–Crippen LogP) is 7.24. The van der Waals surface area contributed by atoms with E-state index in [-0.39, 0.29) is 30.0 Å². The first-order valence-corrected chi connectivity index (χ1v) is 14.4. The highest BCUT2D eigenvalue weighted by atomic mass is 19.4. The summed E-state index contributed by atoms with van der Waals surface area (Å²) in [6.07, 6.45) is -5.40. The number of nitrogens with one attached hydrogen (secondary N) is 2. The van der Waals surface area contributed by atoms with Crippen LogP contribution in [-0.4, -0.2) is 56.7 Å². The van der Waals surface area contributed by atoms with Crippen molar-refractivity contribution in [1.29, 1.82) is 0 Å². The molecule has 1 aliphatic heterocycles. The van der Waals surface area contributed by atoms with Crippen LogP contribution in [0.2, 0.25) is 0 Å². The van der Waals surface area contributed by atoms with E-state index in [1.807, 2.05) is 51.1 Å². The number of para-hydroxylation sites is 1. The number of esters is 1. The Labute approximate surface area is 260 Å². The number of pyridine rings is 1. The molecule has 0 saturated carbocycles. The summed E-state index contributed by atoms with van der Waals surface area (Å²) in [6, 6.07) is 17.6. The Morgan fingerprint density at radius 1 is 0.957 bits per heavy atom. The molecule has 1 saturated heterocycles. The third-order valence-electron chi connectivity index (χ3n) is 6.86. The topological polar surface area (TPSA) is 103 Å². The molecule has 1 atom stereocenters. The fraction of sp³-hybridized carbons (Fsp3) is 0.344. The molecule has 5 aromatic rings. The van der Waals surface area contributed by atoms with Crippen LogP contribution in [0.1, 0.15) is 49.9 Å². The first-order chi connectivity index (χ1) is 21.7. The molecule has 14 heteroatoms. The summed E-state index contributed by atoms with van der Waals surface area (Å²) in [6.45, 7) is 6.17. The van der Waals surface area contributed by atoms with Crippen molar-refractivity contribution in [2.75, 3.05) is 13.2 Å². The van der Waals surface area contributed by atoms with Crippen LogP contribution in [0.15, 0.2) is 72.9 Å². The van der Waals surface area contributed by atoms with E-state index in [2.05, 4.69) is 25.2 Å². The lowest BCUT2D eigenvalue weighted by Gasteiger charge is -2.18. The first-order valence-electron chi connectivity index (χ1n) is 14.4. The maximum absolute atomic E-state index is 14.6. The zero-order valence-electron chi connectivity index (χ0n) is 25.2. The van der Waals surface area contributed by atoms with Gasteiger partial charge in [0.25, 0.3) is 0 Å². The lowest BCUT2D eigenvalue weighted by atomic mass is 10.1. The Kier molecular flexibility index (Phi) is 9.31. The molecule has 0 radical (unpaired) electrons. The van der Waals surface area contributed by atoms with Gasteiger partial charge in [0.1, 0.15) is 17.0 Å². The highest BCUT2D eigenvalue weighted by Gasteiger charge is 2.40. The second kappa shape index (κ2) is 13.0. The summed E-state index contributed by atoms with van der Waals surface area (Å²) in [5, 5.41) is 11.4. The van der Waals surface area contributed by atoms with Crippen LogP contribution in [0.5, 0.6) is 5.75 Å². The quantitative estimate of drug-likeness (QED) is 0.142. The van der Waals surface area contributed by atoms with Crippen LogP contribution in [0.4, 0.5) is 22.0 Å². The zero-order valence-corrected chi connectivity index (χ0v) is 25.2. The molecular weight excluding hydrogens is 613 g/mol. The van der Waals surface area contributed by atoms with Crippen LogP contribution in [0.25, 0.3) is 27.7 Å². The Hall–Kier alpha value is -4.56. The summed E-state index contributed by atoms with van der Waals surface area (Å²) in [4.78, 5) is 14.8. The van der Waals surface area contributed by atoms with Gasteiger partial charge in [-0.1, -0.05) is 30.3 Å². The number of alkyl halides is 5. The van der Waals surface area contributed by atoms with E-state index in [1.165, 1.54) is 24.4 Å². The molecule has 4 heterocycles. The molecule has 0 unspecified atom stereocenters.